The maximum atomic E-state index is 9.06. The highest BCUT2D eigenvalue weighted by molar-refractivity contribution is 9.10. The fraction of sp³-hybridized carbons (Fsp3) is 0.308. The van der Waals surface area contributed by atoms with Crippen LogP contribution in [0.15, 0.2) is 29.0 Å². The second-order valence-corrected chi connectivity index (χ2v) is 5.17. The molecule has 0 fully saturated rings. The van der Waals surface area contributed by atoms with E-state index in [9.17, 15) is 0 Å². The van der Waals surface area contributed by atoms with E-state index in [1.807, 2.05) is 19.9 Å². The molecule has 1 heterocycles. The number of rotatable bonds is 4. The summed E-state index contributed by atoms with van der Waals surface area (Å²) < 4.78 is 8.30. The van der Waals surface area contributed by atoms with Crippen LogP contribution in [-0.2, 0) is 6.61 Å². The number of nitriles is 1. The topological polar surface area (TPSA) is 63.7 Å². The summed E-state index contributed by atoms with van der Waals surface area (Å²) in [6.07, 6.45) is 1.51. The van der Waals surface area contributed by atoms with Crippen LogP contribution in [0.25, 0.3) is 0 Å². The van der Waals surface area contributed by atoms with Crippen molar-refractivity contribution in [1.82, 2.24) is 14.8 Å². The molecule has 98 valence electrons. The number of aromatic nitrogens is 3. The lowest BCUT2D eigenvalue weighted by Crippen LogP contribution is -2.11. The summed E-state index contributed by atoms with van der Waals surface area (Å²) >= 11 is 3.32. The van der Waals surface area contributed by atoms with Gasteiger partial charge in [0.15, 0.2) is 5.82 Å². The van der Waals surface area contributed by atoms with Gasteiger partial charge in [-0.2, -0.15) is 10.4 Å². The van der Waals surface area contributed by atoms with Gasteiger partial charge < -0.3 is 4.74 Å². The quantitative estimate of drug-likeness (QED) is 0.868. The van der Waals surface area contributed by atoms with Crippen molar-refractivity contribution in [1.29, 1.82) is 5.26 Å². The minimum absolute atomic E-state index is 0.224. The van der Waals surface area contributed by atoms with Crippen molar-refractivity contribution in [3.63, 3.8) is 0 Å². The van der Waals surface area contributed by atoms with E-state index in [-0.39, 0.29) is 12.6 Å². The Morgan fingerprint density at radius 3 is 2.95 bits per heavy atom. The fourth-order valence-electron chi connectivity index (χ4n) is 1.67. The molecule has 0 saturated carbocycles. The van der Waals surface area contributed by atoms with Gasteiger partial charge in [0.2, 0.25) is 0 Å². The standard InChI is InChI=1S/C13H13BrN4O/c1-9(2)18-13(16-8-17-18)7-19-12-4-3-11(14)5-10(12)6-15/h3-5,8-9H,7H2,1-2H3. The largest absolute Gasteiger partial charge is 0.484 e. The Hall–Kier alpha value is -1.87. The van der Waals surface area contributed by atoms with Gasteiger partial charge in [-0.3, -0.25) is 0 Å². The molecule has 0 atom stereocenters. The Bertz CT molecular complexity index is 615. The predicted molar refractivity (Wildman–Crippen MR) is 73.6 cm³/mol. The number of halogens is 1. The third-order valence-corrected chi connectivity index (χ3v) is 3.05. The van der Waals surface area contributed by atoms with Crippen LogP contribution in [0.5, 0.6) is 5.75 Å². The van der Waals surface area contributed by atoms with Crippen molar-refractivity contribution in [2.45, 2.75) is 26.5 Å². The maximum absolute atomic E-state index is 9.06. The van der Waals surface area contributed by atoms with Crippen LogP contribution in [0.1, 0.15) is 31.3 Å². The molecule has 19 heavy (non-hydrogen) atoms. The molecule has 0 saturated heterocycles. The van der Waals surface area contributed by atoms with E-state index in [1.54, 1.807) is 16.8 Å². The van der Waals surface area contributed by atoms with E-state index in [2.05, 4.69) is 32.1 Å². The average Bonchev–Trinajstić information content (AvgIpc) is 2.85. The lowest BCUT2D eigenvalue weighted by atomic mass is 10.2. The number of ether oxygens (including phenoxy) is 1. The maximum Gasteiger partial charge on any atom is 0.165 e. The molecule has 0 spiro atoms. The minimum atomic E-state index is 0.224. The Morgan fingerprint density at radius 2 is 2.26 bits per heavy atom. The zero-order chi connectivity index (χ0) is 13.8. The number of hydrogen-bond acceptors (Lipinski definition) is 4. The van der Waals surface area contributed by atoms with Crippen LogP contribution in [-0.4, -0.2) is 14.8 Å². The molecule has 0 aliphatic heterocycles. The van der Waals surface area contributed by atoms with E-state index >= 15 is 0 Å². The average molecular weight is 321 g/mol. The monoisotopic (exact) mass is 320 g/mol. The van der Waals surface area contributed by atoms with Crippen LogP contribution >= 0.6 is 15.9 Å². The second-order valence-electron chi connectivity index (χ2n) is 4.26. The number of benzene rings is 1. The third kappa shape index (κ3) is 3.12. The lowest BCUT2D eigenvalue weighted by molar-refractivity contribution is 0.281. The molecule has 2 aromatic rings. The molecule has 6 heteroatoms. The van der Waals surface area contributed by atoms with Gasteiger partial charge in [-0.05, 0) is 32.0 Å². The van der Waals surface area contributed by atoms with Crippen LogP contribution in [0.3, 0.4) is 0 Å². The van der Waals surface area contributed by atoms with Crippen LogP contribution in [0.4, 0.5) is 0 Å². The fourth-order valence-corrected chi connectivity index (χ4v) is 2.03. The summed E-state index contributed by atoms with van der Waals surface area (Å²) in [6.45, 7) is 4.34. The van der Waals surface area contributed by atoms with Crippen molar-refractivity contribution in [3.8, 4) is 11.8 Å². The Morgan fingerprint density at radius 1 is 1.47 bits per heavy atom. The molecule has 0 aliphatic carbocycles. The molecule has 2 rings (SSSR count). The summed E-state index contributed by atoms with van der Waals surface area (Å²) in [4.78, 5) is 4.16. The number of hydrogen-bond donors (Lipinski definition) is 0. The zero-order valence-electron chi connectivity index (χ0n) is 10.7. The molecule has 0 unspecified atom stereocenters. The van der Waals surface area contributed by atoms with Gasteiger partial charge in [0, 0.05) is 10.5 Å². The Kier molecular flexibility index (Phi) is 4.17. The zero-order valence-corrected chi connectivity index (χ0v) is 12.3. The number of nitrogens with zero attached hydrogens (tertiary/aromatic N) is 4. The SMILES string of the molecule is CC(C)n1ncnc1COc1ccc(Br)cc1C#N. The van der Waals surface area contributed by atoms with Crippen molar-refractivity contribution >= 4 is 15.9 Å². The molecule has 0 aliphatic rings. The van der Waals surface area contributed by atoms with Crippen LogP contribution in [0, 0.1) is 11.3 Å². The summed E-state index contributed by atoms with van der Waals surface area (Å²) in [6, 6.07) is 7.65. The van der Waals surface area contributed by atoms with Gasteiger partial charge in [0.25, 0.3) is 0 Å². The van der Waals surface area contributed by atoms with Gasteiger partial charge >= 0.3 is 0 Å². The van der Waals surface area contributed by atoms with E-state index in [0.29, 0.717) is 11.3 Å². The Balaban J connectivity index is 2.15. The van der Waals surface area contributed by atoms with Crippen molar-refractivity contribution in [2.75, 3.05) is 0 Å². The van der Waals surface area contributed by atoms with Crippen molar-refractivity contribution in [2.24, 2.45) is 0 Å². The highest BCUT2D eigenvalue weighted by Crippen LogP contribution is 2.23. The molecule has 0 amide bonds. The highest BCUT2D eigenvalue weighted by Gasteiger charge is 2.10. The van der Waals surface area contributed by atoms with Gasteiger partial charge in [-0.25, -0.2) is 9.67 Å². The second kappa shape index (κ2) is 5.85. The minimum Gasteiger partial charge on any atom is -0.484 e. The van der Waals surface area contributed by atoms with Crippen molar-refractivity contribution in [3.05, 3.63) is 40.4 Å². The molecule has 1 aromatic heterocycles. The Labute approximate surface area is 120 Å². The van der Waals surface area contributed by atoms with E-state index in [1.165, 1.54) is 6.33 Å². The molecule has 5 nitrogen and oxygen atoms in total. The first-order valence-corrected chi connectivity index (χ1v) is 6.62. The van der Waals surface area contributed by atoms with E-state index in [0.717, 1.165) is 10.3 Å². The first-order chi connectivity index (χ1) is 9.11. The van der Waals surface area contributed by atoms with E-state index < -0.39 is 0 Å². The van der Waals surface area contributed by atoms with Gasteiger partial charge in [0.05, 0.1) is 5.56 Å². The lowest BCUT2D eigenvalue weighted by Gasteiger charge is -2.11. The molecule has 0 bridgehead atoms. The first-order valence-electron chi connectivity index (χ1n) is 5.82. The molecule has 0 N–H and O–H groups in total. The van der Waals surface area contributed by atoms with Gasteiger partial charge in [0.1, 0.15) is 24.8 Å². The van der Waals surface area contributed by atoms with Crippen LogP contribution < -0.4 is 4.74 Å². The molecular formula is C13H13BrN4O. The normalized spacial score (nSPS) is 10.5. The third-order valence-electron chi connectivity index (χ3n) is 2.56. The summed E-state index contributed by atoms with van der Waals surface area (Å²) in [5, 5.41) is 13.2. The molecule has 1 aromatic carbocycles. The predicted octanol–water partition coefficient (Wildman–Crippen LogP) is 3.07. The smallest absolute Gasteiger partial charge is 0.165 e. The van der Waals surface area contributed by atoms with Gasteiger partial charge in [-0.15, -0.1) is 0 Å². The summed E-state index contributed by atoms with van der Waals surface area (Å²) in [5.41, 5.74) is 0.491. The van der Waals surface area contributed by atoms with Crippen molar-refractivity contribution < 1.29 is 4.74 Å². The van der Waals surface area contributed by atoms with Crippen LogP contribution in [0.2, 0.25) is 0 Å². The van der Waals surface area contributed by atoms with E-state index in [4.69, 9.17) is 10.00 Å². The molecular weight excluding hydrogens is 308 g/mol. The molecule has 0 radical (unpaired) electrons. The highest BCUT2D eigenvalue weighted by atomic mass is 79.9. The summed E-state index contributed by atoms with van der Waals surface area (Å²) in [5.74, 6) is 1.28. The summed E-state index contributed by atoms with van der Waals surface area (Å²) in [7, 11) is 0. The van der Waals surface area contributed by atoms with Gasteiger partial charge in [-0.1, -0.05) is 15.9 Å². The first kappa shape index (κ1) is 13.6.